The Kier molecular flexibility index (Phi) is 3.76. The molecule has 0 saturated heterocycles. The SMILES string of the molecule is CCc1c(I)ncn1S(=O)(=O)c1ccc(C)cc1. The van der Waals surface area contributed by atoms with Crippen LogP contribution in [0.4, 0.5) is 0 Å². The number of nitrogens with zero attached hydrogens (tertiary/aromatic N) is 2. The molecule has 1 heterocycles. The Morgan fingerprint density at radius 2 is 1.89 bits per heavy atom. The number of aryl methyl sites for hydroxylation is 1. The summed E-state index contributed by atoms with van der Waals surface area (Å²) < 4.78 is 26.9. The summed E-state index contributed by atoms with van der Waals surface area (Å²) in [7, 11) is -3.53. The quantitative estimate of drug-likeness (QED) is 0.774. The van der Waals surface area contributed by atoms with Gasteiger partial charge in [0, 0.05) is 0 Å². The second kappa shape index (κ2) is 5.00. The first-order chi connectivity index (χ1) is 8.46. The predicted octanol–water partition coefficient (Wildman–Crippen LogP) is 2.60. The molecule has 0 amide bonds. The number of imidazole rings is 1. The predicted molar refractivity (Wildman–Crippen MR) is 78.1 cm³/mol. The molecular formula is C12H13IN2O2S. The number of benzene rings is 1. The second-order valence-corrected chi connectivity index (χ2v) is 6.79. The zero-order chi connectivity index (χ0) is 13.3. The summed E-state index contributed by atoms with van der Waals surface area (Å²) in [6, 6.07) is 6.83. The van der Waals surface area contributed by atoms with Crippen molar-refractivity contribution in [3.8, 4) is 0 Å². The molecule has 0 unspecified atom stereocenters. The van der Waals surface area contributed by atoms with Crippen molar-refractivity contribution in [2.24, 2.45) is 0 Å². The molecule has 2 aromatic rings. The van der Waals surface area contributed by atoms with Gasteiger partial charge in [-0.05, 0) is 48.1 Å². The number of rotatable bonds is 3. The number of halogens is 1. The first kappa shape index (κ1) is 13.5. The Balaban J connectivity index is 2.58. The summed E-state index contributed by atoms with van der Waals surface area (Å²) in [5.74, 6) is 0. The van der Waals surface area contributed by atoms with Gasteiger partial charge in [0.15, 0.2) is 0 Å². The third kappa shape index (κ3) is 2.31. The molecule has 0 radical (unpaired) electrons. The van der Waals surface area contributed by atoms with Gasteiger partial charge in [-0.1, -0.05) is 24.6 Å². The van der Waals surface area contributed by atoms with Gasteiger partial charge in [-0.2, -0.15) is 0 Å². The van der Waals surface area contributed by atoms with Gasteiger partial charge < -0.3 is 0 Å². The highest BCUT2D eigenvalue weighted by Gasteiger charge is 2.21. The van der Waals surface area contributed by atoms with Crippen LogP contribution in [0.5, 0.6) is 0 Å². The zero-order valence-corrected chi connectivity index (χ0v) is 13.1. The number of hydrogen-bond acceptors (Lipinski definition) is 3. The van der Waals surface area contributed by atoms with Crippen molar-refractivity contribution in [1.82, 2.24) is 8.96 Å². The molecule has 6 heteroatoms. The minimum absolute atomic E-state index is 0.289. The van der Waals surface area contributed by atoms with E-state index >= 15 is 0 Å². The van der Waals surface area contributed by atoms with Crippen LogP contribution in [0.15, 0.2) is 35.5 Å². The largest absolute Gasteiger partial charge is 0.269 e. The standard InChI is InChI=1S/C12H13IN2O2S/c1-3-11-12(13)14-8-15(11)18(16,17)10-6-4-9(2)5-7-10/h4-8H,3H2,1-2H3. The monoisotopic (exact) mass is 376 g/mol. The van der Waals surface area contributed by atoms with Crippen LogP contribution >= 0.6 is 22.6 Å². The molecule has 0 fully saturated rings. The third-order valence-corrected chi connectivity index (χ3v) is 5.29. The average molecular weight is 376 g/mol. The molecular weight excluding hydrogens is 363 g/mol. The Morgan fingerprint density at radius 3 is 2.44 bits per heavy atom. The lowest BCUT2D eigenvalue weighted by atomic mass is 10.2. The van der Waals surface area contributed by atoms with E-state index in [9.17, 15) is 8.42 Å². The lowest BCUT2D eigenvalue weighted by Gasteiger charge is -2.08. The van der Waals surface area contributed by atoms with Crippen molar-refractivity contribution in [3.05, 3.63) is 45.6 Å². The molecule has 18 heavy (non-hydrogen) atoms. The van der Waals surface area contributed by atoms with Crippen LogP contribution < -0.4 is 0 Å². The summed E-state index contributed by atoms with van der Waals surface area (Å²) in [5.41, 5.74) is 1.75. The Morgan fingerprint density at radius 1 is 1.28 bits per heavy atom. The van der Waals surface area contributed by atoms with Crippen LogP contribution in [0.3, 0.4) is 0 Å². The van der Waals surface area contributed by atoms with E-state index in [0.29, 0.717) is 6.42 Å². The van der Waals surface area contributed by atoms with Gasteiger partial charge in [0.05, 0.1) is 10.6 Å². The maximum atomic E-state index is 12.5. The maximum Gasteiger partial charge on any atom is 0.269 e. The molecule has 0 bridgehead atoms. The highest BCUT2D eigenvalue weighted by Crippen LogP contribution is 2.19. The molecule has 0 spiro atoms. The summed E-state index contributed by atoms with van der Waals surface area (Å²) >= 11 is 2.05. The highest BCUT2D eigenvalue weighted by atomic mass is 127. The van der Waals surface area contributed by atoms with Gasteiger partial charge in [0.2, 0.25) is 0 Å². The van der Waals surface area contributed by atoms with E-state index in [4.69, 9.17) is 0 Å². The van der Waals surface area contributed by atoms with E-state index in [1.165, 1.54) is 10.3 Å². The lowest BCUT2D eigenvalue weighted by molar-refractivity contribution is 0.585. The van der Waals surface area contributed by atoms with Crippen LogP contribution in [-0.2, 0) is 16.4 Å². The van der Waals surface area contributed by atoms with Gasteiger partial charge in [0.1, 0.15) is 10.0 Å². The molecule has 1 aromatic heterocycles. The molecule has 0 aliphatic carbocycles. The van der Waals surface area contributed by atoms with Gasteiger partial charge in [-0.25, -0.2) is 17.4 Å². The summed E-state index contributed by atoms with van der Waals surface area (Å²) in [4.78, 5) is 4.36. The van der Waals surface area contributed by atoms with Crippen molar-refractivity contribution in [1.29, 1.82) is 0 Å². The maximum absolute atomic E-state index is 12.5. The van der Waals surface area contributed by atoms with Gasteiger partial charge in [-0.15, -0.1) is 0 Å². The fourth-order valence-electron chi connectivity index (χ4n) is 1.67. The molecule has 96 valence electrons. The summed E-state index contributed by atoms with van der Waals surface area (Å²) in [5, 5.41) is 0. The van der Waals surface area contributed by atoms with Crippen molar-refractivity contribution in [2.45, 2.75) is 25.2 Å². The normalized spacial score (nSPS) is 11.7. The topological polar surface area (TPSA) is 52.0 Å². The molecule has 0 aliphatic heterocycles. The first-order valence-corrected chi connectivity index (χ1v) is 8.02. The Labute approximate surface area is 120 Å². The fourth-order valence-corrected chi connectivity index (χ4v) is 3.98. The Hall–Kier alpha value is -0.890. The summed E-state index contributed by atoms with van der Waals surface area (Å²) in [6.07, 6.45) is 2.00. The van der Waals surface area contributed by atoms with Gasteiger partial charge in [-0.3, -0.25) is 0 Å². The highest BCUT2D eigenvalue weighted by molar-refractivity contribution is 14.1. The van der Waals surface area contributed by atoms with E-state index in [2.05, 4.69) is 4.98 Å². The Bertz CT molecular complexity index is 660. The van der Waals surface area contributed by atoms with Crippen molar-refractivity contribution < 1.29 is 8.42 Å². The molecule has 1 aromatic carbocycles. The molecule has 0 atom stereocenters. The third-order valence-electron chi connectivity index (χ3n) is 2.69. The van der Waals surface area contributed by atoms with Crippen molar-refractivity contribution in [3.63, 3.8) is 0 Å². The van der Waals surface area contributed by atoms with Crippen molar-refractivity contribution in [2.75, 3.05) is 0 Å². The smallest absolute Gasteiger partial charge is 0.229 e. The minimum Gasteiger partial charge on any atom is -0.229 e. The van der Waals surface area contributed by atoms with Gasteiger partial charge in [0.25, 0.3) is 10.0 Å². The van der Waals surface area contributed by atoms with Crippen LogP contribution in [0.2, 0.25) is 0 Å². The van der Waals surface area contributed by atoms with Crippen LogP contribution in [0.25, 0.3) is 0 Å². The number of aromatic nitrogens is 2. The van der Waals surface area contributed by atoms with E-state index in [1.807, 2.05) is 36.4 Å². The van der Waals surface area contributed by atoms with Crippen LogP contribution in [0, 0.1) is 10.6 Å². The van der Waals surface area contributed by atoms with E-state index in [1.54, 1.807) is 24.3 Å². The molecule has 0 saturated carbocycles. The average Bonchev–Trinajstić information content (AvgIpc) is 2.71. The molecule has 0 N–H and O–H groups in total. The minimum atomic E-state index is -3.53. The molecule has 4 nitrogen and oxygen atoms in total. The number of hydrogen-bond donors (Lipinski definition) is 0. The molecule has 2 rings (SSSR count). The lowest BCUT2D eigenvalue weighted by Crippen LogP contribution is -2.15. The van der Waals surface area contributed by atoms with E-state index < -0.39 is 10.0 Å². The molecule has 0 aliphatic rings. The van der Waals surface area contributed by atoms with E-state index in [0.717, 1.165) is 15.0 Å². The fraction of sp³-hybridized carbons (Fsp3) is 0.250. The van der Waals surface area contributed by atoms with Crippen molar-refractivity contribution >= 4 is 32.6 Å². The zero-order valence-electron chi connectivity index (χ0n) is 10.1. The van der Waals surface area contributed by atoms with Crippen LogP contribution in [0.1, 0.15) is 18.2 Å². The first-order valence-electron chi connectivity index (χ1n) is 5.50. The van der Waals surface area contributed by atoms with Gasteiger partial charge >= 0.3 is 0 Å². The second-order valence-electron chi connectivity index (χ2n) is 3.95. The van der Waals surface area contributed by atoms with Crippen LogP contribution in [-0.4, -0.2) is 17.4 Å². The van der Waals surface area contributed by atoms with E-state index in [-0.39, 0.29) is 4.90 Å². The summed E-state index contributed by atoms with van der Waals surface area (Å²) in [6.45, 7) is 3.84.